The summed E-state index contributed by atoms with van der Waals surface area (Å²) in [6, 6.07) is 10.4. The molecule has 2 rings (SSSR count). The van der Waals surface area contributed by atoms with Crippen molar-refractivity contribution < 1.29 is 14.0 Å². The molecule has 0 fully saturated rings. The number of rotatable bonds is 6. The van der Waals surface area contributed by atoms with Crippen molar-refractivity contribution in [1.29, 1.82) is 0 Å². The van der Waals surface area contributed by atoms with Crippen molar-refractivity contribution >= 4 is 23.6 Å². The van der Waals surface area contributed by atoms with Crippen molar-refractivity contribution in [3.05, 3.63) is 72.2 Å². The monoisotopic (exact) mass is 310 g/mol. The fraction of sp³-hybridized carbons (Fsp3) is 0.111. The molecule has 0 spiro atoms. The van der Waals surface area contributed by atoms with Gasteiger partial charge in [-0.25, -0.2) is 0 Å². The molecule has 0 unspecified atom stereocenters. The van der Waals surface area contributed by atoms with E-state index in [9.17, 15) is 9.59 Å². The number of para-hydroxylation sites is 1. The van der Waals surface area contributed by atoms with Crippen LogP contribution in [0.3, 0.4) is 0 Å². The molecule has 0 aliphatic carbocycles. The minimum Gasteiger partial charge on any atom is -0.462 e. The highest BCUT2D eigenvalue weighted by Crippen LogP contribution is 2.15. The lowest BCUT2D eigenvalue weighted by atomic mass is 10.1. The predicted octanol–water partition coefficient (Wildman–Crippen LogP) is 3.16. The highest BCUT2D eigenvalue weighted by atomic mass is 16.3. The number of amides is 2. The van der Waals surface area contributed by atoms with Crippen LogP contribution >= 0.6 is 0 Å². The number of aryl methyl sites for hydroxylation is 1. The number of carbonyl (C=O) groups excluding carboxylic acids is 2. The summed E-state index contributed by atoms with van der Waals surface area (Å²) in [7, 11) is 0. The third-order valence-corrected chi connectivity index (χ3v) is 3.00. The Morgan fingerprint density at radius 3 is 2.70 bits per heavy atom. The van der Waals surface area contributed by atoms with Gasteiger partial charge in [-0.2, -0.15) is 0 Å². The van der Waals surface area contributed by atoms with Gasteiger partial charge in [0.05, 0.1) is 11.3 Å². The molecule has 0 radical (unpaired) electrons. The quantitative estimate of drug-likeness (QED) is 0.636. The molecular formula is C18H18N2O3. The van der Waals surface area contributed by atoms with Gasteiger partial charge in [0.1, 0.15) is 11.5 Å². The van der Waals surface area contributed by atoms with Crippen molar-refractivity contribution in [2.45, 2.75) is 6.92 Å². The zero-order valence-corrected chi connectivity index (χ0v) is 12.8. The van der Waals surface area contributed by atoms with E-state index in [0.29, 0.717) is 23.6 Å². The number of anilines is 1. The first kappa shape index (κ1) is 16.3. The van der Waals surface area contributed by atoms with E-state index in [1.807, 2.05) is 13.0 Å². The fourth-order valence-electron chi connectivity index (χ4n) is 1.93. The zero-order valence-electron chi connectivity index (χ0n) is 12.8. The second-order valence-electron chi connectivity index (χ2n) is 4.82. The zero-order chi connectivity index (χ0) is 16.7. The van der Waals surface area contributed by atoms with Crippen molar-refractivity contribution in [2.24, 2.45) is 0 Å². The highest BCUT2D eigenvalue weighted by Gasteiger charge is 2.11. The fourth-order valence-corrected chi connectivity index (χ4v) is 1.93. The molecule has 0 saturated carbocycles. The lowest BCUT2D eigenvalue weighted by Crippen LogP contribution is -2.24. The molecule has 1 aromatic carbocycles. The van der Waals surface area contributed by atoms with Crippen LogP contribution in [0.5, 0.6) is 0 Å². The summed E-state index contributed by atoms with van der Waals surface area (Å²) in [5.41, 5.74) is 0.837. The maximum absolute atomic E-state index is 12.0. The van der Waals surface area contributed by atoms with E-state index in [1.165, 1.54) is 6.08 Å². The Morgan fingerprint density at radius 1 is 1.22 bits per heavy atom. The summed E-state index contributed by atoms with van der Waals surface area (Å²) in [6.07, 6.45) is 4.52. The summed E-state index contributed by atoms with van der Waals surface area (Å²) in [4.78, 5) is 24.0. The predicted molar refractivity (Wildman–Crippen MR) is 90.1 cm³/mol. The van der Waals surface area contributed by atoms with E-state index in [-0.39, 0.29) is 11.8 Å². The Kier molecular flexibility index (Phi) is 5.52. The van der Waals surface area contributed by atoms with Gasteiger partial charge in [0.2, 0.25) is 5.91 Å². The smallest absolute Gasteiger partial charge is 0.253 e. The Labute approximate surface area is 134 Å². The van der Waals surface area contributed by atoms with Crippen molar-refractivity contribution in [1.82, 2.24) is 5.32 Å². The summed E-state index contributed by atoms with van der Waals surface area (Å²) < 4.78 is 5.35. The van der Waals surface area contributed by atoms with Gasteiger partial charge in [0.25, 0.3) is 5.91 Å². The van der Waals surface area contributed by atoms with Gasteiger partial charge in [0.15, 0.2) is 0 Å². The van der Waals surface area contributed by atoms with Crippen molar-refractivity contribution in [3.63, 3.8) is 0 Å². The van der Waals surface area contributed by atoms with E-state index in [2.05, 4.69) is 17.2 Å². The lowest BCUT2D eigenvalue weighted by molar-refractivity contribution is -0.111. The van der Waals surface area contributed by atoms with E-state index >= 15 is 0 Å². The molecule has 2 N–H and O–H groups in total. The van der Waals surface area contributed by atoms with Gasteiger partial charge in [-0.3, -0.25) is 9.59 Å². The third-order valence-electron chi connectivity index (χ3n) is 3.00. The first-order valence-corrected chi connectivity index (χ1v) is 7.14. The SMILES string of the molecule is C=CCNC(=O)c1ccccc1NC(=O)/C=C/c1ccc(C)o1. The Balaban J connectivity index is 2.07. The molecule has 5 heteroatoms. The van der Waals surface area contributed by atoms with E-state index in [1.54, 1.807) is 42.5 Å². The van der Waals surface area contributed by atoms with Crippen LogP contribution in [0.15, 0.2) is 59.5 Å². The Morgan fingerprint density at radius 2 is 2.00 bits per heavy atom. The van der Waals surface area contributed by atoms with Gasteiger partial charge < -0.3 is 15.1 Å². The van der Waals surface area contributed by atoms with Crippen LogP contribution in [0.4, 0.5) is 5.69 Å². The summed E-state index contributed by atoms with van der Waals surface area (Å²) in [5, 5.41) is 5.37. The topological polar surface area (TPSA) is 71.3 Å². The van der Waals surface area contributed by atoms with E-state index in [4.69, 9.17) is 4.42 Å². The highest BCUT2D eigenvalue weighted by molar-refractivity contribution is 6.07. The number of furan rings is 1. The number of hydrogen-bond donors (Lipinski definition) is 2. The first-order valence-electron chi connectivity index (χ1n) is 7.14. The van der Waals surface area contributed by atoms with Crippen LogP contribution in [0.25, 0.3) is 6.08 Å². The molecule has 0 saturated heterocycles. The molecule has 0 aliphatic heterocycles. The minimum atomic E-state index is -0.344. The standard InChI is InChI=1S/C18H18N2O3/c1-3-12-19-18(22)15-6-4-5-7-16(15)20-17(21)11-10-14-9-8-13(2)23-14/h3-11H,1,12H2,2H3,(H,19,22)(H,20,21)/b11-10+. The molecule has 118 valence electrons. The molecule has 23 heavy (non-hydrogen) atoms. The van der Waals surface area contributed by atoms with Gasteiger partial charge in [-0.1, -0.05) is 18.2 Å². The van der Waals surface area contributed by atoms with Gasteiger partial charge in [0, 0.05) is 12.6 Å². The van der Waals surface area contributed by atoms with Crippen LogP contribution in [0.1, 0.15) is 21.9 Å². The number of nitrogens with one attached hydrogen (secondary N) is 2. The average Bonchev–Trinajstić information content (AvgIpc) is 2.96. The van der Waals surface area contributed by atoms with Crippen LogP contribution in [0, 0.1) is 6.92 Å². The first-order chi connectivity index (χ1) is 11.1. The maximum atomic E-state index is 12.0. The van der Waals surface area contributed by atoms with Crippen LogP contribution in [-0.4, -0.2) is 18.4 Å². The van der Waals surface area contributed by atoms with Gasteiger partial charge >= 0.3 is 0 Å². The largest absolute Gasteiger partial charge is 0.462 e. The van der Waals surface area contributed by atoms with Crippen LogP contribution in [-0.2, 0) is 4.79 Å². The molecule has 1 heterocycles. The molecule has 2 amide bonds. The molecule has 1 aromatic heterocycles. The van der Waals surface area contributed by atoms with Gasteiger partial charge in [-0.15, -0.1) is 6.58 Å². The molecule has 0 atom stereocenters. The van der Waals surface area contributed by atoms with Crippen LogP contribution < -0.4 is 10.6 Å². The van der Waals surface area contributed by atoms with E-state index < -0.39 is 0 Å². The summed E-state index contributed by atoms with van der Waals surface area (Å²) >= 11 is 0. The van der Waals surface area contributed by atoms with Crippen LogP contribution in [0.2, 0.25) is 0 Å². The van der Waals surface area contributed by atoms with Crippen molar-refractivity contribution in [2.75, 3.05) is 11.9 Å². The Hall–Kier alpha value is -3.08. The molecular weight excluding hydrogens is 292 g/mol. The normalized spacial score (nSPS) is 10.5. The van der Waals surface area contributed by atoms with Crippen molar-refractivity contribution in [3.8, 4) is 0 Å². The lowest BCUT2D eigenvalue weighted by Gasteiger charge is -2.09. The number of carbonyl (C=O) groups is 2. The molecule has 0 bridgehead atoms. The second-order valence-corrected chi connectivity index (χ2v) is 4.82. The van der Waals surface area contributed by atoms with Gasteiger partial charge in [-0.05, 0) is 37.3 Å². The Bertz CT molecular complexity index is 744. The minimum absolute atomic E-state index is 0.272. The summed E-state index contributed by atoms with van der Waals surface area (Å²) in [6.45, 7) is 5.74. The molecule has 5 nitrogen and oxygen atoms in total. The summed E-state index contributed by atoms with van der Waals surface area (Å²) in [5.74, 6) is 0.749. The number of benzene rings is 1. The third kappa shape index (κ3) is 4.71. The molecule has 2 aromatic rings. The second kappa shape index (κ2) is 7.79. The average molecular weight is 310 g/mol. The van der Waals surface area contributed by atoms with E-state index in [0.717, 1.165) is 5.76 Å². The molecule has 0 aliphatic rings. The maximum Gasteiger partial charge on any atom is 0.253 e. The number of hydrogen-bond acceptors (Lipinski definition) is 3.